The number of hydrogen-bond acceptors (Lipinski definition) is 3. The maximum atomic E-state index is 11.7. The molecule has 0 aliphatic rings. The quantitative estimate of drug-likeness (QED) is 0.770. The first-order valence-corrected chi connectivity index (χ1v) is 5.85. The SMILES string of the molecule is COc1ccc(C(C)C)cc1N(C)C(=O)C(C)=O. The average molecular weight is 249 g/mol. The smallest absolute Gasteiger partial charge is 0.293 e. The molecule has 0 aromatic heterocycles. The Morgan fingerprint density at radius 3 is 2.33 bits per heavy atom. The lowest BCUT2D eigenvalue weighted by Gasteiger charge is -2.20. The Hall–Kier alpha value is -1.84. The van der Waals surface area contributed by atoms with Gasteiger partial charge in [-0.1, -0.05) is 19.9 Å². The van der Waals surface area contributed by atoms with Crippen LogP contribution in [0.15, 0.2) is 18.2 Å². The van der Waals surface area contributed by atoms with Gasteiger partial charge < -0.3 is 9.64 Å². The first-order valence-electron chi connectivity index (χ1n) is 5.85. The number of anilines is 1. The van der Waals surface area contributed by atoms with Gasteiger partial charge in [0.25, 0.3) is 5.91 Å². The van der Waals surface area contributed by atoms with E-state index >= 15 is 0 Å². The Balaban J connectivity index is 3.23. The van der Waals surface area contributed by atoms with Crippen LogP contribution in [-0.2, 0) is 9.59 Å². The van der Waals surface area contributed by atoms with Gasteiger partial charge in [-0.25, -0.2) is 0 Å². The van der Waals surface area contributed by atoms with Gasteiger partial charge in [-0.2, -0.15) is 0 Å². The minimum Gasteiger partial charge on any atom is -0.495 e. The van der Waals surface area contributed by atoms with Crippen LogP contribution >= 0.6 is 0 Å². The van der Waals surface area contributed by atoms with Gasteiger partial charge in [0.05, 0.1) is 12.8 Å². The summed E-state index contributed by atoms with van der Waals surface area (Å²) < 4.78 is 5.23. The second-order valence-electron chi connectivity index (χ2n) is 4.51. The fourth-order valence-electron chi connectivity index (χ4n) is 1.67. The van der Waals surface area contributed by atoms with Crippen molar-refractivity contribution in [2.75, 3.05) is 19.1 Å². The number of ether oxygens (including phenoxy) is 1. The summed E-state index contributed by atoms with van der Waals surface area (Å²) in [6, 6.07) is 5.65. The Kier molecular flexibility index (Phi) is 4.48. The fourth-order valence-corrected chi connectivity index (χ4v) is 1.67. The molecule has 0 saturated carbocycles. The van der Waals surface area contributed by atoms with Crippen LogP contribution in [0.5, 0.6) is 5.75 Å². The molecular weight excluding hydrogens is 230 g/mol. The highest BCUT2D eigenvalue weighted by molar-refractivity contribution is 6.40. The number of benzene rings is 1. The number of ketones is 1. The van der Waals surface area contributed by atoms with Crippen LogP contribution in [0.1, 0.15) is 32.3 Å². The number of likely N-dealkylation sites (N-methyl/N-ethyl adjacent to an activating group) is 1. The predicted octanol–water partition coefficient (Wildman–Crippen LogP) is 2.37. The van der Waals surface area contributed by atoms with Gasteiger partial charge in [0, 0.05) is 14.0 Å². The highest BCUT2D eigenvalue weighted by atomic mass is 16.5. The van der Waals surface area contributed by atoms with Gasteiger partial charge in [0.1, 0.15) is 5.75 Å². The van der Waals surface area contributed by atoms with E-state index in [2.05, 4.69) is 13.8 Å². The van der Waals surface area contributed by atoms with Crippen LogP contribution in [0.2, 0.25) is 0 Å². The first-order chi connectivity index (χ1) is 8.38. The van der Waals surface area contributed by atoms with Crippen LogP contribution in [0, 0.1) is 0 Å². The van der Waals surface area contributed by atoms with E-state index in [1.54, 1.807) is 14.2 Å². The topological polar surface area (TPSA) is 46.6 Å². The molecule has 1 amide bonds. The molecule has 0 spiro atoms. The maximum Gasteiger partial charge on any atom is 0.293 e. The van der Waals surface area contributed by atoms with Crippen LogP contribution in [0.3, 0.4) is 0 Å². The number of rotatable bonds is 4. The van der Waals surface area contributed by atoms with Crippen molar-refractivity contribution >= 4 is 17.4 Å². The summed E-state index contributed by atoms with van der Waals surface area (Å²) >= 11 is 0. The molecule has 0 aliphatic heterocycles. The Morgan fingerprint density at radius 1 is 1.28 bits per heavy atom. The molecule has 0 atom stereocenters. The number of amides is 1. The molecule has 0 saturated heterocycles. The number of Topliss-reactive ketones (excluding diaryl/α,β-unsaturated/α-hetero) is 1. The average Bonchev–Trinajstić information content (AvgIpc) is 2.35. The van der Waals surface area contributed by atoms with Crippen molar-refractivity contribution in [3.05, 3.63) is 23.8 Å². The molecule has 0 heterocycles. The molecule has 1 aromatic rings. The van der Waals surface area contributed by atoms with Crippen molar-refractivity contribution in [1.82, 2.24) is 0 Å². The number of carbonyl (C=O) groups excluding carboxylic acids is 2. The van der Waals surface area contributed by atoms with E-state index in [9.17, 15) is 9.59 Å². The molecule has 0 N–H and O–H groups in total. The number of methoxy groups -OCH3 is 1. The number of carbonyl (C=O) groups is 2. The summed E-state index contributed by atoms with van der Waals surface area (Å²) in [5, 5.41) is 0. The van der Waals surface area contributed by atoms with E-state index in [4.69, 9.17) is 4.74 Å². The van der Waals surface area contributed by atoms with E-state index in [1.165, 1.54) is 11.8 Å². The van der Waals surface area contributed by atoms with Gasteiger partial charge in [-0.05, 0) is 23.6 Å². The van der Waals surface area contributed by atoms with E-state index in [0.29, 0.717) is 17.4 Å². The van der Waals surface area contributed by atoms with Gasteiger partial charge >= 0.3 is 0 Å². The summed E-state index contributed by atoms with van der Waals surface area (Å²) in [7, 11) is 3.12. The number of nitrogens with zero attached hydrogens (tertiary/aromatic N) is 1. The molecule has 0 bridgehead atoms. The molecule has 98 valence electrons. The molecule has 0 radical (unpaired) electrons. The highest BCUT2D eigenvalue weighted by Crippen LogP contribution is 2.31. The van der Waals surface area contributed by atoms with Crippen molar-refractivity contribution < 1.29 is 14.3 Å². The zero-order valence-electron chi connectivity index (χ0n) is 11.5. The molecule has 0 aliphatic carbocycles. The third-order valence-corrected chi connectivity index (χ3v) is 2.84. The summed E-state index contributed by atoms with van der Waals surface area (Å²) in [5.74, 6) is -0.115. The molecule has 4 heteroatoms. The minimum atomic E-state index is -0.547. The molecule has 0 unspecified atom stereocenters. The molecule has 18 heavy (non-hydrogen) atoms. The Labute approximate surface area is 108 Å². The second-order valence-corrected chi connectivity index (χ2v) is 4.51. The third-order valence-electron chi connectivity index (χ3n) is 2.84. The van der Waals surface area contributed by atoms with E-state index < -0.39 is 11.7 Å². The zero-order valence-corrected chi connectivity index (χ0v) is 11.5. The van der Waals surface area contributed by atoms with Gasteiger partial charge in [0.15, 0.2) is 0 Å². The Morgan fingerprint density at radius 2 is 1.89 bits per heavy atom. The van der Waals surface area contributed by atoms with Crippen molar-refractivity contribution in [2.45, 2.75) is 26.7 Å². The predicted molar refractivity (Wildman–Crippen MR) is 71.2 cm³/mol. The normalized spacial score (nSPS) is 10.3. The summed E-state index contributed by atoms with van der Waals surface area (Å²) in [4.78, 5) is 24.2. The molecule has 1 rings (SSSR count). The molecular formula is C14H19NO3. The standard InChI is InChI=1S/C14H19NO3/c1-9(2)11-6-7-13(18-5)12(8-11)15(4)14(17)10(3)16/h6-9H,1-5H3. The van der Waals surface area contributed by atoms with Crippen molar-refractivity contribution in [3.63, 3.8) is 0 Å². The Bertz CT molecular complexity index is 466. The maximum absolute atomic E-state index is 11.7. The molecule has 0 fully saturated rings. The van der Waals surface area contributed by atoms with Gasteiger partial charge in [0.2, 0.25) is 5.78 Å². The fraction of sp³-hybridized carbons (Fsp3) is 0.429. The second kappa shape index (κ2) is 5.67. The van der Waals surface area contributed by atoms with E-state index in [1.807, 2.05) is 18.2 Å². The largest absolute Gasteiger partial charge is 0.495 e. The van der Waals surface area contributed by atoms with Gasteiger partial charge in [-0.15, -0.1) is 0 Å². The van der Waals surface area contributed by atoms with Crippen LogP contribution < -0.4 is 9.64 Å². The van der Waals surface area contributed by atoms with Crippen molar-refractivity contribution in [3.8, 4) is 5.75 Å². The van der Waals surface area contributed by atoms with Crippen molar-refractivity contribution in [2.24, 2.45) is 0 Å². The summed E-state index contributed by atoms with van der Waals surface area (Å²) in [6.07, 6.45) is 0. The molecule has 4 nitrogen and oxygen atoms in total. The first kappa shape index (κ1) is 14.2. The van der Waals surface area contributed by atoms with Crippen LogP contribution in [0.25, 0.3) is 0 Å². The monoisotopic (exact) mass is 249 g/mol. The van der Waals surface area contributed by atoms with Crippen LogP contribution in [0.4, 0.5) is 5.69 Å². The van der Waals surface area contributed by atoms with Gasteiger partial charge in [-0.3, -0.25) is 9.59 Å². The summed E-state index contributed by atoms with van der Waals surface area (Å²) in [5.41, 5.74) is 1.71. The lowest BCUT2D eigenvalue weighted by Crippen LogP contribution is -2.32. The summed E-state index contributed by atoms with van der Waals surface area (Å²) in [6.45, 7) is 5.40. The van der Waals surface area contributed by atoms with E-state index in [-0.39, 0.29) is 0 Å². The lowest BCUT2D eigenvalue weighted by atomic mass is 10.0. The number of hydrogen-bond donors (Lipinski definition) is 0. The van der Waals surface area contributed by atoms with Crippen molar-refractivity contribution in [1.29, 1.82) is 0 Å². The van der Waals surface area contributed by atoms with Crippen LogP contribution in [-0.4, -0.2) is 25.8 Å². The molecule has 1 aromatic carbocycles. The minimum absolute atomic E-state index is 0.343. The highest BCUT2D eigenvalue weighted by Gasteiger charge is 2.19. The van der Waals surface area contributed by atoms with E-state index in [0.717, 1.165) is 5.56 Å². The third kappa shape index (κ3) is 2.88. The zero-order chi connectivity index (χ0) is 13.9. The lowest BCUT2D eigenvalue weighted by molar-refractivity contribution is -0.134.